The van der Waals surface area contributed by atoms with Crippen LogP contribution in [-0.2, 0) is 9.53 Å². The summed E-state index contributed by atoms with van der Waals surface area (Å²) < 4.78 is 9.43. The molecule has 0 spiro atoms. The van der Waals surface area contributed by atoms with Gasteiger partial charge in [0, 0.05) is 13.0 Å². The van der Waals surface area contributed by atoms with Gasteiger partial charge in [-0.3, -0.25) is 4.79 Å². The third-order valence-electron chi connectivity index (χ3n) is 2.16. The summed E-state index contributed by atoms with van der Waals surface area (Å²) in [5, 5.41) is 18.1. The van der Waals surface area contributed by atoms with Gasteiger partial charge >= 0.3 is 11.9 Å². The SMILES string of the molecule is COC(=O)c1c(O)cccc1OC(=O)CCCO. The predicted octanol–water partition coefficient (Wildman–Crippen LogP) is 0.857. The van der Waals surface area contributed by atoms with Gasteiger partial charge in [-0.15, -0.1) is 0 Å². The van der Waals surface area contributed by atoms with E-state index in [1.165, 1.54) is 18.2 Å². The molecule has 0 saturated carbocycles. The molecule has 18 heavy (non-hydrogen) atoms. The van der Waals surface area contributed by atoms with Crippen LogP contribution in [0.5, 0.6) is 11.5 Å². The summed E-state index contributed by atoms with van der Waals surface area (Å²) in [6.45, 7) is -0.126. The Labute approximate surface area is 104 Å². The number of ether oxygens (including phenoxy) is 2. The molecule has 0 radical (unpaired) electrons. The molecule has 6 heteroatoms. The second kappa shape index (κ2) is 6.61. The highest BCUT2D eigenvalue weighted by molar-refractivity contribution is 5.96. The Morgan fingerprint density at radius 1 is 1.33 bits per heavy atom. The zero-order chi connectivity index (χ0) is 13.5. The summed E-state index contributed by atoms with van der Waals surface area (Å²) in [7, 11) is 1.16. The number of benzene rings is 1. The Kier molecular flexibility index (Phi) is 5.13. The molecule has 0 amide bonds. The molecule has 0 aliphatic rings. The van der Waals surface area contributed by atoms with E-state index in [0.29, 0.717) is 0 Å². The number of carbonyl (C=O) groups excluding carboxylic acids is 2. The molecule has 1 rings (SSSR count). The number of phenols is 1. The lowest BCUT2D eigenvalue weighted by molar-refractivity contribution is -0.134. The molecule has 0 saturated heterocycles. The van der Waals surface area contributed by atoms with Gasteiger partial charge in [0.25, 0.3) is 0 Å². The van der Waals surface area contributed by atoms with Crippen molar-refractivity contribution in [2.45, 2.75) is 12.8 Å². The van der Waals surface area contributed by atoms with Crippen molar-refractivity contribution in [2.24, 2.45) is 0 Å². The topological polar surface area (TPSA) is 93.1 Å². The maximum absolute atomic E-state index is 11.4. The minimum absolute atomic E-state index is 0.0206. The molecule has 0 aliphatic heterocycles. The van der Waals surface area contributed by atoms with Crippen LogP contribution in [0.1, 0.15) is 23.2 Å². The monoisotopic (exact) mass is 254 g/mol. The summed E-state index contributed by atoms with van der Waals surface area (Å²) >= 11 is 0. The van der Waals surface area contributed by atoms with Gasteiger partial charge in [-0.1, -0.05) is 6.07 Å². The number of aliphatic hydroxyl groups is 1. The standard InChI is InChI=1S/C12H14O6/c1-17-12(16)11-8(14)4-2-5-9(11)18-10(15)6-3-7-13/h2,4-5,13-14H,3,6-7H2,1H3. The van der Waals surface area contributed by atoms with Crippen LogP contribution in [-0.4, -0.2) is 35.9 Å². The fraction of sp³-hybridized carbons (Fsp3) is 0.333. The first-order valence-electron chi connectivity index (χ1n) is 5.32. The smallest absolute Gasteiger partial charge is 0.345 e. The number of hydrogen-bond donors (Lipinski definition) is 2. The first kappa shape index (κ1) is 14.0. The summed E-state index contributed by atoms with van der Waals surface area (Å²) in [6.07, 6.45) is 0.290. The Morgan fingerprint density at radius 3 is 2.67 bits per heavy atom. The maximum atomic E-state index is 11.4. The molecule has 0 heterocycles. The first-order valence-corrected chi connectivity index (χ1v) is 5.32. The molecule has 0 fully saturated rings. The van der Waals surface area contributed by atoms with E-state index in [-0.39, 0.29) is 36.5 Å². The Morgan fingerprint density at radius 2 is 2.06 bits per heavy atom. The number of carbonyl (C=O) groups is 2. The van der Waals surface area contributed by atoms with Crippen LogP contribution in [0.25, 0.3) is 0 Å². The van der Waals surface area contributed by atoms with E-state index < -0.39 is 11.9 Å². The number of aromatic hydroxyl groups is 1. The average molecular weight is 254 g/mol. The quantitative estimate of drug-likeness (QED) is 0.598. The lowest BCUT2D eigenvalue weighted by Gasteiger charge is -2.09. The normalized spacial score (nSPS) is 9.89. The summed E-state index contributed by atoms with van der Waals surface area (Å²) in [5.41, 5.74) is -0.197. The van der Waals surface area contributed by atoms with Crippen molar-refractivity contribution in [3.63, 3.8) is 0 Å². The first-order chi connectivity index (χ1) is 8.60. The van der Waals surface area contributed by atoms with Crippen LogP contribution < -0.4 is 4.74 Å². The summed E-state index contributed by atoms with van der Waals surface area (Å²) in [4.78, 5) is 22.8. The van der Waals surface area contributed by atoms with E-state index in [1.807, 2.05) is 0 Å². The van der Waals surface area contributed by atoms with Crippen LogP contribution in [0, 0.1) is 0 Å². The van der Waals surface area contributed by atoms with Crippen LogP contribution >= 0.6 is 0 Å². The van der Waals surface area contributed by atoms with E-state index in [0.717, 1.165) is 7.11 Å². The molecular weight excluding hydrogens is 240 g/mol. The molecule has 98 valence electrons. The average Bonchev–Trinajstić information content (AvgIpc) is 2.35. The van der Waals surface area contributed by atoms with Gasteiger partial charge in [0.15, 0.2) is 0 Å². The molecular formula is C12H14O6. The third kappa shape index (κ3) is 3.46. The van der Waals surface area contributed by atoms with Crippen molar-refractivity contribution in [2.75, 3.05) is 13.7 Å². The van der Waals surface area contributed by atoms with Gasteiger partial charge < -0.3 is 19.7 Å². The van der Waals surface area contributed by atoms with Gasteiger partial charge in [-0.25, -0.2) is 4.79 Å². The number of hydrogen-bond acceptors (Lipinski definition) is 6. The molecule has 1 aromatic rings. The highest BCUT2D eigenvalue weighted by Crippen LogP contribution is 2.28. The Hall–Kier alpha value is -2.08. The lowest BCUT2D eigenvalue weighted by atomic mass is 10.2. The fourth-order valence-electron chi connectivity index (χ4n) is 1.31. The van der Waals surface area contributed by atoms with E-state index in [4.69, 9.17) is 9.84 Å². The molecule has 1 aromatic carbocycles. The van der Waals surface area contributed by atoms with E-state index in [2.05, 4.69) is 4.74 Å². The van der Waals surface area contributed by atoms with Crippen LogP contribution in [0.4, 0.5) is 0 Å². The van der Waals surface area contributed by atoms with Gasteiger partial charge in [-0.2, -0.15) is 0 Å². The molecule has 0 aromatic heterocycles. The van der Waals surface area contributed by atoms with Crippen molar-refractivity contribution in [1.82, 2.24) is 0 Å². The highest BCUT2D eigenvalue weighted by atomic mass is 16.5. The second-order valence-corrected chi connectivity index (χ2v) is 3.44. The van der Waals surface area contributed by atoms with Crippen molar-refractivity contribution < 1.29 is 29.3 Å². The van der Waals surface area contributed by atoms with Crippen molar-refractivity contribution >= 4 is 11.9 Å². The molecule has 0 aliphatic carbocycles. The summed E-state index contributed by atoms with van der Waals surface area (Å²) in [6, 6.07) is 4.11. The largest absolute Gasteiger partial charge is 0.507 e. The van der Waals surface area contributed by atoms with E-state index >= 15 is 0 Å². The van der Waals surface area contributed by atoms with Gasteiger partial charge in [-0.05, 0) is 18.6 Å². The van der Waals surface area contributed by atoms with Gasteiger partial charge in [0.05, 0.1) is 7.11 Å². The highest BCUT2D eigenvalue weighted by Gasteiger charge is 2.19. The Balaban J connectivity index is 2.91. The number of aliphatic hydroxyl groups excluding tert-OH is 1. The van der Waals surface area contributed by atoms with Crippen LogP contribution in [0.3, 0.4) is 0 Å². The van der Waals surface area contributed by atoms with Gasteiger partial charge in [0.1, 0.15) is 17.1 Å². The van der Waals surface area contributed by atoms with E-state index in [1.54, 1.807) is 0 Å². The van der Waals surface area contributed by atoms with Gasteiger partial charge in [0.2, 0.25) is 0 Å². The Bertz CT molecular complexity index is 440. The molecule has 6 nitrogen and oxygen atoms in total. The number of phenolic OH excluding ortho intramolecular Hbond substituents is 1. The second-order valence-electron chi connectivity index (χ2n) is 3.44. The van der Waals surface area contributed by atoms with Crippen molar-refractivity contribution in [3.8, 4) is 11.5 Å². The number of rotatable bonds is 5. The van der Waals surface area contributed by atoms with Crippen LogP contribution in [0.15, 0.2) is 18.2 Å². The van der Waals surface area contributed by atoms with E-state index in [9.17, 15) is 14.7 Å². The number of methoxy groups -OCH3 is 1. The lowest BCUT2D eigenvalue weighted by Crippen LogP contribution is -2.12. The predicted molar refractivity (Wildman–Crippen MR) is 61.4 cm³/mol. The molecule has 2 N–H and O–H groups in total. The summed E-state index contributed by atoms with van der Waals surface area (Å²) in [5.74, 6) is -1.78. The fourth-order valence-corrected chi connectivity index (χ4v) is 1.31. The third-order valence-corrected chi connectivity index (χ3v) is 2.16. The molecule has 0 unspecified atom stereocenters. The minimum atomic E-state index is -0.793. The minimum Gasteiger partial charge on any atom is -0.507 e. The zero-order valence-electron chi connectivity index (χ0n) is 9.88. The maximum Gasteiger partial charge on any atom is 0.345 e. The molecule has 0 atom stereocenters. The molecule has 0 bridgehead atoms. The van der Waals surface area contributed by atoms with Crippen LogP contribution in [0.2, 0.25) is 0 Å². The zero-order valence-corrected chi connectivity index (χ0v) is 9.88. The van der Waals surface area contributed by atoms with Crippen molar-refractivity contribution in [3.05, 3.63) is 23.8 Å². The van der Waals surface area contributed by atoms with Crippen molar-refractivity contribution in [1.29, 1.82) is 0 Å². The number of esters is 2.